The Balaban J connectivity index is 2.75. The Morgan fingerprint density at radius 1 is 1.57 bits per heavy atom. The lowest BCUT2D eigenvalue weighted by atomic mass is 10.3. The molecular weight excluding hydrogens is 182 g/mol. The highest BCUT2D eigenvalue weighted by molar-refractivity contribution is 5.35. The van der Waals surface area contributed by atoms with Crippen molar-refractivity contribution >= 4 is 5.82 Å². The SMILES string of the molecule is CCCOCc1nc(N)c(C)c(=O)[nH]1. The van der Waals surface area contributed by atoms with Crippen LogP contribution in [0.1, 0.15) is 24.7 Å². The molecule has 78 valence electrons. The second kappa shape index (κ2) is 4.76. The third-order valence-corrected chi connectivity index (χ3v) is 1.83. The highest BCUT2D eigenvalue weighted by Gasteiger charge is 2.03. The maximum absolute atomic E-state index is 11.3. The molecule has 5 nitrogen and oxygen atoms in total. The van der Waals surface area contributed by atoms with Crippen molar-refractivity contribution in [1.29, 1.82) is 0 Å². The number of nitrogens with zero attached hydrogens (tertiary/aromatic N) is 1. The first-order valence-electron chi connectivity index (χ1n) is 4.58. The lowest BCUT2D eigenvalue weighted by Gasteiger charge is -2.04. The Labute approximate surface area is 82.3 Å². The third-order valence-electron chi connectivity index (χ3n) is 1.83. The predicted molar refractivity (Wildman–Crippen MR) is 54.0 cm³/mol. The number of aromatic nitrogens is 2. The first-order valence-corrected chi connectivity index (χ1v) is 4.58. The molecule has 0 aliphatic carbocycles. The molecule has 0 fully saturated rings. The van der Waals surface area contributed by atoms with Gasteiger partial charge in [-0.25, -0.2) is 4.98 Å². The van der Waals surface area contributed by atoms with Crippen LogP contribution in [0.25, 0.3) is 0 Å². The summed E-state index contributed by atoms with van der Waals surface area (Å²) in [6.45, 7) is 4.60. The van der Waals surface area contributed by atoms with Gasteiger partial charge in [0.05, 0.1) is 5.56 Å². The standard InChI is InChI=1S/C9H15N3O2/c1-3-4-14-5-7-11-8(10)6(2)9(13)12-7/h3-5H2,1-2H3,(H3,10,11,12,13). The van der Waals surface area contributed by atoms with Crippen molar-refractivity contribution in [2.75, 3.05) is 12.3 Å². The van der Waals surface area contributed by atoms with Crippen molar-refractivity contribution in [3.63, 3.8) is 0 Å². The topological polar surface area (TPSA) is 81.0 Å². The summed E-state index contributed by atoms with van der Waals surface area (Å²) in [6, 6.07) is 0. The minimum absolute atomic E-state index is 0.201. The lowest BCUT2D eigenvalue weighted by Crippen LogP contribution is -2.17. The van der Waals surface area contributed by atoms with Gasteiger partial charge in [-0.15, -0.1) is 0 Å². The summed E-state index contributed by atoms with van der Waals surface area (Å²) < 4.78 is 5.23. The quantitative estimate of drug-likeness (QED) is 0.692. The third kappa shape index (κ3) is 2.56. The Bertz CT molecular complexity index is 360. The molecular formula is C9H15N3O2. The van der Waals surface area contributed by atoms with Crippen LogP contribution in [0, 0.1) is 6.92 Å². The molecule has 0 atom stereocenters. The Hall–Kier alpha value is -1.36. The van der Waals surface area contributed by atoms with E-state index in [1.807, 2.05) is 6.92 Å². The van der Waals surface area contributed by atoms with Crippen molar-refractivity contribution in [2.45, 2.75) is 26.9 Å². The predicted octanol–water partition coefficient (Wildman–Crippen LogP) is 0.587. The number of rotatable bonds is 4. The zero-order valence-electron chi connectivity index (χ0n) is 8.46. The fourth-order valence-corrected chi connectivity index (χ4v) is 0.980. The molecule has 14 heavy (non-hydrogen) atoms. The maximum Gasteiger partial charge on any atom is 0.255 e. The largest absolute Gasteiger partial charge is 0.383 e. The second-order valence-electron chi connectivity index (χ2n) is 3.08. The smallest absolute Gasteiger partial charge is 0.255 e. The molecule has 0 aromatic carbocycles. The number of aromatic amines is 1. The zero-order valence-corrected chi connectivity index (χ0v) is 8.46. The van der Waals surface area contributed by atoms with Crippen molar-refractivity contribution in [1.82, 2.24) is 9.97 Å². The van der Waals surface area contributed by atoms with Crippen LogP contribution < -0.4 is 11.3 Å². The van der Waals surface area contributed by atoms with Crippen molar-refractivity contribution in [3.05, 3.63) is 21.7 Å². The lowest BCUT2D eigenvalue weighted by molar-refractivity contribution is 0.116. The number of hydrogen-bond donors (Lipinski definition) is 2. The molecule has 0 bridgehead atoms. The van der Waals surface area contributed by atoms with E-state index in [4.69, 9.17) is 10.5 Å². The van der Waals surface area contributed by atoms with Gasteiger partial charge in [0.2, 0.25) is 0 Å². The molecule has 0 unspecified atom stereocenters. The number of H-pyrrole nitrogens is 1. The van der Waals surface area contributed by atoms with Gasteiger partial charge in [-0.2, -0.15) is 0 Å². The molecule has 1 heterocycles. The van der Waals surface area contributed by atoms with E-state index in [0.717, 1.165) is 6.42 Å². The van der Waals surface area contributed by atoms with E-state index >= 15 is 0 Å². The summed E-state index contributed by atoms with van der Waals surface area (Å²) in [6.07, 6.45) is 0.936. The highest BCUT2D eigenvalue weighted by atomic mass is 16.5. The van der Waals surface area contributed by atoms with E-state index < -0.39 is 0 Å². The van der Waals surface area contributed by atoms with E-state index in [-0.39, 0.29) is 11.4 Å². The second-order valence-corrected chi connectivity index (χ2v) is 3.08. The molecule has 3 N–H and O–H groups in total. The van der Waals surface area contributed by atoms with Crippen LogP contribution in [0.3, 0.4) is 0 Å². The summed E-state index contributed by atoms with van der Waals surface area (Å²) in [5.41, 5.74) is 5.79. The fraction of sp³-hybridized carbons (Fsp3) is 0.556. The van der Waals surface area contributed by atoms with Gasteiger partial charge in [0, 0.05) is 6.61 Å². The summed E-state index contributed by atoms with van der Waals surface area (Å²) >= 11 is 0. The first-order chi connectivity index (χ1) is 6.65. The van der Waals surface area contributed by atoms with Gasteiger partial charge in [-0.05, 0) is 13.3 Å². The normalized spacial score (nSPS) is 10.4. The summed E-state index contributed by atoms with van der Waals surface area (Å²) in [7, 11) is 0. The van der Waals surface area contributed by atoms with Crippen LogP contribution in [-0.2, 0) is 11.3 Å². The summed E-state index contributed by atoms with van der Waals surface area (Å²) in [4.78, 5) is 17.9. The van der Waals surface area contributed by atoms with Crippen LogP contribution in [0.15, 0.2) is 4.79 Å². The molecule has 0 saturated carbocycles. The Morgan fingerprint density at radius 2 is 2.29 bits per heavy atom. The van der Waals surface area contributed by atoms with Gasteiger partial charge in [0.1, 0.15) is 18.2 Å². The van der Waals surface area contributed by atoms with Gasteiger partial charge < -0.3 is 15.5 Å². The van der Waals surface area contributed by atoms with Crippen LogP contribution in [0.4, 0.5) is 5.82 Å². The molecule has 5 heteroatoms. The average molecular weight is 197 g/mol. The molecule has 1 rings (SSSR count). The minimum Gasteiger partial charge on any atom is -0.383 e. The minimum atomic E-state index is -0.201. The molecule has 0 aliphatic rings. The Morgan fingerprint density at radius 3 is 2.86 bits per heavy atom. The molecule has 0 radical (unpaired) electrons. The van der Waals surface area contributed by atoms with E-state index in [9.17, 15) is 4.79 Å². The van der Waals surface area contributed by atoms with Crippen molar-refractivity contribution in [2.24, 2.45) is 0 Å². The van der Waals surface area contributed by atoms with Gasteiger partial charge in [0.25, 0.3) is 5.56 Å². The van der Waals surface area contributed by atoms with E-state index in [1.165, 1.54) is 0 Å². The average Bonchev–Trinajstić information content (AvgIpc) is 2.14. The molecule has 1 aromatic rings. The van der Waals surface area contributed by atoms with Gasteiger partial charge >= 0.3 is 0 Å². The van der Waals surface area contributed by atoms with Crippen molar-refractivity contribution < 1.29 is 4.74 Å². The van der Waals surface area contributed by atoms with Crippen LogP contribution in [0.5, 0.6) is 0 Å². The Kier molecular flexibility index (Phi) is 3.64. The number of nitrogens with two attached hydrogens (primary N) is 1. The number of ether oxygens (including phenoxy) is 1. The van der Waals surface area contributed by atoms with Gasteiger partial charge in [0.15, 0.2) is 0 Å². The van der Waals surface area contributed by atoms with Crippen molar-refractivity contribution in [3.8, 4) is 0 Å². The zero-order chi connectivity index (χ0) is 10.6. The number of nitrogens with one attached hydrogen (secondary N) is 1. The summed E-state index contributed by atoms with van der Waals surface area (Å²) in [5, 5.41) is 0. The highest BCUT2D eigenvalue weighted by Crippen LogP contribution is 2.01. The fourth-order valence-electron chi connectivity index (χ4n) is 0.980. The number of anilines is 1. The van der Waals surface area contributed by atoms with Crippen LogP contribution >= 0.6 is 0 Å². The molecule has 1 aromatic heterocycles. The molecule has 0 saturated heterocycles. The molecule has 0 amide bonds. The first kappa shape index (κ1) is 10.7. The van der Waals surface area contributed by atoms with Gasteiger partial charge in [-0.3, -0.25) is 4.79 Å². The van der Waals surface area contributed by atoms with Crippen LogP contribution in [-0.4, -0.2) is 16.6 Å². The van der Waals surface area contributed by atoms with E-state index in [2.05, 4.69) is 9.97 Å². The number of hydrogen-bond acceptors (Lipinski definition) is 4. The molecule has 0 aliphatic heterocycles. The van der Waals surface area contributed by atoms with Gasteiger partial charge in [-0.1, -0.05) is 6.92 Å². The maximum atomic E-state index is 11.3. The van der Waals surface area contributed by atoms with E-state index in [0.29, 0.717) is 24.6 Å². The van der Waals surface area contributed by atoms with Crippen LogP contribution in [0.2, 0.25) is 0 Å². The number of nitrogen functional groups attached to an aromatic ring is 1. The molecule has 0 spiro atoms. The van der Waals surface area contributed by atoms with E-state index in [1.54, 1.807) is 6.92 Å². The summed E-state index contributed by atoms with van der Waals surface area (Å²) in [5.74, 6) is 0.746. The monoisotopic (exact) mass is 197 g/mol.